The van der Waals surface area contributed by atoms with E-state index in [1.807, 2.05) is 36.4 Å². The van der Waals surface area contributed by atoms with Gasteiger partial charge in [0.2, 0.25) is 0 Å². The van der Waals surface area contributed by atoms with Gasteiger partial charge in [0.1, 0.15) is 12.0 Å². The Hall–Kier alpha value is -3.93. The molecule has 0 saturated carbocycles. The van der Waals surface area contributed by atoms with Gasteiger partial charge in [-0.05, 0) is 35.4 Å². The third kappa shape index (κ3) is 3.91. The number of hydrogen-bond acceptors (Lipinski definition) is 5. The van der Waals surface area contributed by atoms with Crippen molar-refractivity contribution >= 4 is 5.91 Å². The molecule has 0 bridgehead atoms. The van der Waals surface area contributed by atoms with E-state index in [0.29, 0.717) is 12.2 Å². The molecular formula is C22H17N5O. The first-order chi connectivity index (χ1) is 13.8. The summed E-state index contributed by atoms with van der Waals surface area (Å²) in [4.78, 5) is 28.8. The maximum absolute atomic E-state index is 12.1. The molecule has 3 heterocycles. The van der Waals surface area contributed by atoms with E-state index in [1.54, 1.807) is 49.3 Å². The number of rotatable bonds is 5. The van der Waals surface area contributed by atoms with Gasteiger partial charge in [0.15, 0.2) is 0 Å². The maximum atomic E-state index is 12.1. The second-order valence-corrected chi connectivity index (χ2v) is 6.12. The van der Waals surface area contributed by atoms with Crippen molar-refractivity contribution in [3.63, 3.8) is 0 Å². The standard InChI is InChI=1S/C22H17N5O/c28-22(20-3-1-2-10-25-20)26-13-16-4-6-18(7-5-16)21-19(14-24-15-27-21)17-8-11-23-12-9-17/h1-12,14-15H,13H2,(H,26,28). The van der Waals surface area contributed by atoms with Gasteiger partial charge >= 0.3 is 0 Å². The molecule has 1 aromatic carbocycles. The van der Waals surface area contributed by atoms with Crippen LogP contribution in [0.1, 0.15) is 16.1 Å². The number of carbonyl (C=O) groups is 1. The summed E-state index contributed by atoms with van der Waals surface area (Å²) in [5.41, 5.74) is 5.19. The monoisotopic (exact) mass is 367 g/mol. The summed E-state index contributed by atoms with van der Waals surface area (Å²) < 4.78 is 0. The summed E-state index contributed by atoms with van der Waals surface area (Å²) in [6, 6.07) is 17.1. The first kappa shape index (κ1) is 17.5. The molecule has 0 aliphatic carbocycles. The van der Waals surface area contributed by atoms with Crippen LogP contribution in [0, 0.1) is 0 Å². The van der Waals surface area contributed by atoms with E-state index in [4.69, 9.17) is 0 Å². The lowest BCUT2D eigenvalue weighted by Gasteiger charge is -2.09. The summed E-state index contributed by atoms with van der Waals surface area (Å²) in [7, 11) is 0. The molecule has 3 aromatic heterocycles. The third-order valence-corrected chi connectivity index (χ3v) is 4.28. The Kier molecular flexibility index (Phi) is 5.11. The van der Waals surface area contributed by atoms with Crippen molar-refractivity contribution in [1.82, 2.24) is 25.3 Å². The fourth-order valence-corrected chi connectivity index (χ4v) is 2.85. The predicted molar refractivity (Wildman–Crippen MR) is 106 cm³/mol. The number of aromatic nitrogens is 4. The molecule has 28 heavy (non-hydrogen) atoms. The number of nitrogens with one attached hydrogen (secondary N) is 1. The SMILES string of the molecule is O=C(NCc1ccc(-c2ncncc2-c2ccncc2)cc1)c1ccccn1. The van der Waals surface area contributed by atoms with E-state index >= 15 is 0 Å². The van der Waals surface area contributed by atoms with Crippen molar-refractivity contribution in [2.45, 2.75) is 6.54 Å². The van der Waals surface area contributed by atoms with Crippen LogP contribution in [-0.2, 0) is 6.54 Å². The fraction of sp³-hybridized carbons (Fsp3) is 0.0455. The highest BCUT2D eigenvalue weighted by Gasteiger charge is 2.10. The fourth-order valence-electron chi connectivity index (χ4n) is 2.85. The summed E-state index contributed by atoms with van der Waals surface area (Å²) >= 11 is 0. The van der Waals surface area contributed by atoms with Crippen LogP contribution in [0.3, 0.4) is 0 Å². The number of carbonyl (C=O) groups excluding carboxylic acids is 1. The second kappa shape index (κ2) is 8.18. The van der Waals surface area contributed by atoms with Crippen molar-refractivity contribution in [2.75, 3.05) is 0 Å². The van der Waals surface area contributed by atoms with Crippen molar-refractivity contribution in [3.8, 4) is 22.4 Å². The first-order valence-electron chi connectivity index (χ1n) is 8.80. The van der Waals surface area contributed by atoms with Crippen LogP contribution in [0.2, 0.25) is 0 Å². The summed E-state index contributed by atoms with van der Waals surface area (Å²) in [6.45, 7) is 0.427. The van der Waals surface area contributed by atoms with Gasteiger partial charge in [0.25, 0.3) is 5.91 Å². The molecule has 0 radical (unpaired) electrons. The Bertz CT molecular complexity index is 1070. The van der Waals surface area contributed by atoms with Gasteiger partial charge in [-0.1, -0.05) is 30.3 Å². The van der Waals surface area contributed by atoms with Gasteiger partial charge < -0.3 is 5.32 Å². The van der Waals surface area contributed by atoms with Gasteiger partial charge in [0, 0.05) is 42.5 Å². The molecule has 1 amide bonds. The first-order valence-corrected chi connectivity index (χ1v) is 8.80. The molecule has 0 aliphatic heterocycles. The average Bonchev–Trinajstić information content (AvgIpc) is 2.79. The lowest BCUT2D eigenvalue weighted by molar-refractivity contribution is 0.0946. The minimum atomic E-state index is -0.194. The molecule has 136 valence electrons. The highest BCUT2D eigenvalue weighted by molar-refractivity contribution is 5.92. The lowest BCUT2D eigenvalue weighted by atomic mass is 10.0. The Morgan fingerprint density at radius 1 is 0.821 bits per heavy atom. The van der Waals surface area contributed by atoms with Crippen molar-refractivity contribution in [3.05, 3.63) is 97.0 Å². The molecule has 0 unspecified atom stereocenters. The number of hydrogen-bond donors (Lipinski definition) is 1. The van der Waals surface area contributed by atoms with Gasteiger partial charge in [-0.15, -0.1) is 0 Å². The molecule has 0 fully saturated rings. The third-order valence-electron chi connectivity index (χ3n) is 4.28. The molecule has 0 spiro atoms. The highest BCUT2D eigenvalue weighted by Crippen LogP contribution is 2.29. The van der Waals surface area contributed by atoms with E-state index < -0.39 is 0 Å². The molecule has 0 aliphatic rings. The van der Waals surface area contributed by atoms with E-state index in [2.05, 4.69) is 25.3 Å². The number of benzene rings is 1. The smallest absolute Gasteiger partial charge is 0.270 e. The summed E-state index contributed by atoms with van der Waals surface area (Å²) in [6.07, 6.45) is 8.45. The Labute approximate surface area is 162 Å². The van der Waals surface area contributed by atoms with Gasteiger partial charge in [-0.25, -0.2) is 9.97 Å². The maximum Gasteiger partial charge on any atom is 0.270 e. The molecule has 1 N–H and O–H groups in total. The van der Waals surface area contributed by atoms with Crippen LogP contribution in [-0.4, -0.2) is 25.8 Å². The zero-order chi connectivity index (χ0) is 19.2. The molecule has 4 rings (SSSR count). The van der Waals surface area contributed by atoms with E-state index in [9.17, 15) is 4.79 Å². The zero-order valence-corrected chi connectivity index (χ0v) is 15.0. The zero-order valence-electron chi connectivity index (χ0n) is 15.0. The largest absolute Gasteiger partial charge is 0.347 e. The lowest BCUT2D eigenvalue weighted by Crippen LogP contribution is -2.23. The van der Waals surface area contributed by atoms with Gasteiger partial charge in [-0.3, -0.25) is 14.8 Å². The van der Waals surface area contributed by atoms with Gasteiger partial charge in [-0.2, -0.15) is 0 Å². The van der Waals surface area contributed by atoms with Crippen LogP contribution in [0.15, 0.2) is 85.7 Å². The number of pyridine rings is 2. The Morgan fingerprint density at radius 2 is 1.64 bits per heavy atom. The van der Waals surface area contributed by atoms with Crippen molar-refractivity contribution < 1.29 is 4.79 Å². The van der Waals surface area contributed by atoms with E-state index in [1.165, 1.54) is 0 Å². The summed E-state index contributed by atoms with van der Waals surface area (Å²) in [5.74, 6) is -0.194. The van der Waals surface area contributed by atoms with Crippen LogP contribution in [0.5, 0.6) is 0 Å². The number of amides is 1. The summed E-state index contributed by atoms with van der Waals surface area (Å²) in [5, 5.41) is 2.88. The normalized spacial score (nSPS) is 10.4. The van der Waals surface area contributed by atoms with Crippen LogP contribution in [0.4, 0.5) is 0 Å². The van der Waals surface area contributed by atoms with Gasteiger partial charge in [0.05, 0.1) is 5.69 Å². The minimum absolute atomic E-state index is 0.194. The van der Waals surface area contributed by atoms with Crippen LogP contribution < -0.4 is 5.32 Å². The molecule has 4 aromatic rings. The van der Waals surface area contributed by atoms with E-state index in [-0.39, 0.29) is 5.91 Å². The Morgan fingerprint density at radius 3 is 2.39 bits per heavy atom. The molecular weight excluding hydrogens is 350 g/mol. The van der Waals surface area contributed by atoms with Crippen LogP contribution in [0.25, 0.3) is 22.4 Å². The van der Waals surface area contributed by atoms with Crippen LogP contribution >= 0.6 is 0 Å². The van der Waals surface area contributed by atoms with Crippen molar-refractivity contribution in [1.29, 1.82) is 0 Å². The van der Waals surface area contributed by atoms with E-state index in [0.717, 1.165) is 27.9 Å². The topological polar surface area (TPSA) is 80.7 Å². The predicted octanol–water partition coefficient (Wildman–Crippen LogP) is 3.53. The average molecular weight is 367 g/mol. The highest BCUT2D eigenvalue weighted by atomic mass is 16.1. The minimum Gasteiger partial charge on any atom is -0.347 e. The molecule has 6 nitrogen and oxygen atoms in total. The second-order valence-electron chi connectivity index (χ2n) is 6.12. The Balaban J connectivity index is 1.51. The molecule has 6 heteroatoms. The van der Waals surface area contributed by atoms with Crippen molar-refractivity contribution in [2.24, 2.45) is 0 Å². The molecule has 0 saturated heterocycles. The quantitative estimate of drug-likeness (QED) is 0.584. The molecule has 0 atom stereocenters. The number of nitrogens with zero attached hydrogens (tertiary/aromatic N) is 4.